The Kier molecular flexibility index (Phi) is 19.3. The third-order valence-corrected chi connectivity index (χ3v) is 2.11. The number of rotatable bonds is 7. The number of hydrogen-bond acceptors (Lipinski definition) is 5. The van der Waals surface area contributed by atoms with Gasteiger partial charge < -0.3 is 18.9 Å². The number of allylic oxidation sites excluding steroid dienone is 3. The Hall–Kier alpha value is -2.47. The van der Waals surface area contributed by atoms with Crippen LogP contribution in [0.3, 0.4) is 0 Å². The molecule has 0 aromatic heterocycles. The van der Waals surface area contributed by atoms with Gasteiger partial charge in [0.15, 0.2) is 5.76 Å². The van der Waals surface area contributed by atoms with E-state index < -0.39 is 41.9 Å². The van der Waals surface area contributed by atoms with Crippen LogP contribution in [0.25, 0.3) is 0 Å². The van der Waals surface area contributed by atoms with E-state index in [-0.39, 0.29) is 6.10 Å². The molecule has 0 aliphatic carbocycles. The molecule has 0 N–H and O–H groups in total. The van der Waals surface area contributed by atoms with Crippen molar-refractivity contribution in [2.75, 3.05) is 0 Å². The average Bonchev–Trinajstić information content (AvgIpc) is 2.48. The molecule has 0 radical (unpaired) electrons. The standard InChI is InChI=1S/C6H8F4O.C6H11FO.C6H12O.C5H7F3O2/c1-4(6(8,9)10)11-5(2,3)7;1-5(2)8-6(3,4)7;1-5(2)7-6(3)4;1-3(2)10-4(9)5(6,7)8/h1H2,2-3H3;1H2,2-4H3;6H,1H2,2-4H3;3H,1-2H3. The van der Waals surface area contributed by atoms with Crippen LogP contribution in [0.1, 0.15) is 69.2 Å². The summed E-state index contributed by atoms with van der Waals surface area (Å²) < 4.78 is 111. The lowest BCUT2D eigenvalue weighted by molar-refractivity contribution is -0.203. The van der Waals surface area contributed by atoms with E-state index in [9.17, 15) is 39.9 Å². The molecule has 0 rings (SSSR count). The van der Waals surface area contributed by atoms with Crippen molar-refractivity contribution in [1.82, 2.24) is 0 Å². The molecule has 0 amide bonds. The van der Waals surface area contributed by atoms with E-state index in [0.29, 0.717) is 5.76 Å². The van der Waals surface area contributed by atoms with E-state index in [0.717, 1.165) is 19.6 Å². The molecule has 0 fully saturated rings. The Morgan fingerprint density at radius 1 is 0.611 bits per heavy atom. The highest BCUT2D eigenvalue weighted by atomic mass is 19.4. The molecular weight excluding hydrogens is 508 g/mol. The van der Waals surface area contributed by atoms with Crippen LogP contribution in [0.15, 0.2) is 37.0 Å². The second kappa shape index (κ2) is 17.1. The van der Waals surface area contributed by atoms with Gasteiger partial charge in [0.05, 0.1) is 23.7 Å². The topological polar surface area (TPSA) is 54.0 Å². The van der Waals surface area contributed by atoms with Crippen LogP contribution in [-0.2, 0) is 23.7 Å². The van der Waals surface area contributed by atoms with Crippen molar-refractivity contribution >= 4 is 5.97 Å². The number of carbonyl (C=O) groups is 1. The fourth-order valence-electron chi connectivity index (χ4n) is 1.45. The average molecular weight is 547 g/mol. The number of carbonyl (C=O) groups excluding carboxylic acids is 1. The number of esters is 1. The summed E-state index contributed by atoms with van der Waals surface area (Å²) >= 11 is 0. The zero-order chi connectivity index (χ0) is 30.3. The van der Waals surface area contributed by atoms with Crippen LogP contribution < -0.4 is 0 Å². The van der Waals surface area contributed by atoms with Crippen molar-refractivity contribution < 1.29 is 58.9 Å². The first kappa shape index (κ1) is 40.7. The molecule has 0 saturated heterocycles. The molecule has 0 aliphatic heterocycles. The normalized spacial score (nSPS) is 11.4. The van der Waals surface area contributed by atoms with Gasteiger partial charge in [-0.2, -0.15) is 35.1 Å². The van der Waals surface area contributed by atoms with Crippen LogP contribution in [0.4, 0.5) is 35.1 Å². The molecule has 0 aliphatic rings. The molecule has 0 heterocycles. The maximum Gasteiger partial charge on any atom is 0.490 e. The third-order valence-electron chi connectivity index (χ3n) is 2.11. The molecule has 0 aromatic carbocycles. The predicted octanol–water partition coefficient (Wildman–Crippen LogP) is 8.47. The monoisotopic (exact) mass is 546 g/mol. The summed E-state index contributed by atoms with van der Waals surface area (Å²) in [5, 5.41) is 0. The Morgan fingerprint density at radius 3 is 1.00 bits per heavy atom. The van der Waals surface area contributed by atoms with Crippen LogP contribution in [0.5, 0.6) is 0 Å². The summed E-state index contributed by atoms with van der Waals surface area (Å²) in [6.07, 6.45) is -10.0. The molecule has 0 aromatic rings. The van der Waals surface area contributed by atoms with E-state index in [1.165, 1.54) is 27.7 Å². The van der Waals surface area contributed by atoms with Crippen molar-refractivity contribution in [3.63, 3.8) is 0 Å². The van der Waals surface area contributed by atoms with Gasteiger partial charge >= 0.3 is 18.3 Å². The van der Waals surface area contributed by atoms with E-state index >= 15 is 0 Å². The molecule has 5 nitrogen and oxygen atoms in total. The quantitative estimate of drug-likeness (QED) is 0.182. The lowest BCUT2D eigenvalue weighted by atomic mass is 10.4. The fraction of sp³-hybridized carbons (Fsp3) is 0.696. The van der Waals surface area contributed by atoms with Crippen LogP contribution in [0, 0.1) is 0 Å². The third kappa shape index (κ3) is 38.8. The van der Waals surface area contributed by atoms with Crippen LogP contribution in [0.2, 0.25) is 0 Å². The highest BCUT2D eigenvalue weighted by Crippen LogP contribution is 2.29. The Bertz CT molecular complexity index is 668. The minimum Gasteiger partial charge on any atom is -0.496 e. The first-order valence-corrected chi connectivity index (χ1v) is 10.3. The van der Waals surface area contributed by atoms with Crippen molar-refractivity contribution in [3.05, 3.63) is 37.0 Å². The van der Waals surface area contributed by atoms with Crippen LogP contribution >= 0.6 is 0 Å². The maximum absolute atomic E-state index is 12.4. The predicted molar refractivity (Wildman–Crippen MR) is 121 cm³/mol. The summed E-state index contributed by atoms with van der Waals surface area (Å²) in [6.45, 7) is 24.0. The van der Waals surface area contributed by atoms with Crippen molar-refractivity contribution in [1.29, 1.82) is 0 Å². The fourth-order valence-corrected chi connectivity index (χ4v) is 1.45. The zero-order valence-corrected chi connectivity index (χ0v) is 22.3. The number of ether oxygens (including phenoxy) is 4. The lowest BCUT2D eigenvalue weighted by Crippen LogP contribution is -2.27. The molecule has 0 spiro atoms. The summed E-state index contributed by atoms with van der Waals surface area (Å²) in [6, 6.07) is 0. The van der Waals surface area contributed by atoms with E-state index in [1.807, 2.05) is 20.8 Å². The second-order valence-electron chi connectivity index (χ2n) is 8.37. The highest BCUT2D eigenvalue weighted by Gasteiger charge is 2.41. The molecule has 36 heavy (non-hydrogen) atoms. The van der Waals surface area contributed by atoms with Gasteiger partial charge in [-0.25, -0.2) is 4.79 Å². The molecule has 216 valence electrons. The minimum atomic E-state index is -4.87. The lowest BCUT2D eigenvalue weighted by Gasteiger charge is -2.19. The summed E-state index contributed by atoms with van der Waals surface area (Å²) in [5.41, 5.74) is 0. The SMILES string of the molecule is C=C(C)OC(C)(C)F.C=C(C)OC(C)C.C=C(OC(C)(C)F)C(F)(F)F.CC(C)OC(=O)C(F)(F)F. The highest BCUT2D eigenvalue weighted by molar-refractivity contribution is 5.75. The molecular formula is C23H38F8O5. The molecule has 0 unspecified atom stereocenters. The largest absolute Gasteiger partial charge is 0.496 e. The molecule has 13 heteroatoms. The summed E-state index contributed by atoms with van der Waals surface area (Å²) in [4.78, 5) is 9.93. The van der Waals surface area contributed by atoms with Crippen molar-refractivity contribution in [2.24, 2.45) is 0 Å². The van der Waals surface area contributed by atoms with Gasteiger partial charge in [0.1, 0.15) is 0 Å². The van der Waals surface area contributed by atoms with Crippen molar-refractivity contribution in [3.8, 4) is 0 Å². The number of halogens is 8. The van der Waals surface area contributed by atoms with Gasteiger partial charge in [-0.3, -0.25) is 0 Å². The first-order valence-electron chi connectivity index (χ1n) is 10.3. The van der Waals surface area contributed by atoms with Gasteiger partial charge in [-0.15, -0.1) is 0 Å². The van der Waals surface area contributed by atoms with E-state index in [1.54, 1.807) is 6.92 Å². The number of hydrogen-bond donors (Lipinski definition) is 0. The zero-order valence-electron chi connectivity index (χ0n) is 22.3. The Labute approximate surface area is 208 Å². The first-order chi connectivity index (χ1) is 15.5. The maximum atomic E-state index is 12.4. The van der Waals surface area contributed by atoms with E-state index in [2.05, 4.69) is 33.9 Å². The van der Waals surface area contributed by atoms with Gasteiger partial charge in [0.2, 0.25) is 11.7 Å². The summed E-state index contributed by atoms with van der Waals surface area (Å²) in [5.74, 6) is -6.39. The van der Waals surface area contributed by atoms with Crippen molar-refractivity contribution in [2.45, 2.75) is 106 Å². The van der Waals surface area contributed by atoms with Gasteiger partial charge in [0, 0.05) is 27.7 Å². The summed E-state index contributed by atoms with van der Waals surface area (Å²) in [7, 11) is 0. The van der Waals surface area contributed by atoms with Gasteiger partial charge in [-0.05, 0) is 41.5 Å². The minimum absolute atomic E-state index is 0.275. The van der Waals surface area contributed by atoms with Gasteiger partial charge in [0.25, 0.3) is 0 Å². The number of alkyl halides is 8. The Balaban J connectivity index is -0.000000192. The Morgan fingerprint density at radius 2 is 0.944 bits per heavy atom. The molecule has 0 atom stereocenters. The smallest absolute Gasteiger partial charge is 0.490 e. The molecule has 0 bridgehead atoms. The van der Waals surface area contributed by atoms with Crippen LogP contribution in [-0.4, -0.2) is 42.2 Å². The van der Waals surface area contributed by atoms with E-state index in [4.69, 9.17) is 4.74 Å². The van der Waals surface area contributed by atoms with Gasteiger partial charge in [-0.1, -0.05) is 19.7 Å². The second-order valence-corrected chi connectivity index (χ2v) is 8.37. The molecule has 0 saturated carbocycles.